The third-order valence-electron chi connectivity index (χ3n) is 4.52. The minimum absolute atomic E-state index is 0.0166. The highest BCUT2D eigenvalue weighted by Gasteiger charge is 2.31. The normalized spacial score (nSPS) is 18.6. The quantitative estimate of drug-likeness (QED) is 0.689. The van der Waals surface area contributed by atoms with E-state index < -0.39 is 0 Å². The van der Waals surface area contributed by atoms with E-state index in [-0.39, 0.29) is 15.6 Å². The number of aromatic hydroxyl groups is 1. The Bertz CT molecular complexity index is 791. The molecule has 0 aromatic heterocycles. The molecule has 1 heterocycles. The molecule has 1 aliphatic heterocycles. The van der Waals surface area contributed by atoms with Gasteiger partial charge in [-0.15, -0.1) is 23.5 Å². The van der Waals surface area contributed by atoms with Crippen LogP contribution in [-0.2, 0) is 0 Å². The van der Waals surface area contributed by atoms with Crippen molar-refractivity contribution in [3.05, 3.63) is 35.4 Å². The predicted octanol–water partition coefficient (Wildman–Crippen LogP) is 4.66. The molecule has 0 saturated carbocycles. The topological polar surface area (TPSA) is 66.4 Å². The smallest absolute Gasteiger partial charge is 0.203 e. The minimum atomic E-state index is 0.0166. The van der Waals surface area contributed by atoms with Crippen LogP contribution in [0.15, 0.2) is 24.3 Å². The molecule has 2 aromatic rings. The molecular weight excluding hydrogens is 400 g/mol. The Labute approximate surface area is 173 Å². The summed E-state index contributed by atoms with van der Waals surface area (Å²) < 4.78 is 27.1. The van der Waals surface area contributed by atoms with Gasteiger partial charge in [0.1, 0.15) is 0 Å². The number of hydrogen-bond donors (Lipinski definition) is 1. The zero-order valence-electron chi connectivity index (χ0n) is 16.5. The van der Waals surface area contributed by atoms with Crippen molar-refractivity contribution >= 4 is 23.5 Å². The third kappa shape index (κ3) is 3.89. The molecule has 2 unspecified atom stereocenters. The van der Waals surface area contributed by atoms with E-state index >= 15 is 0 Å². The molecule has 2 atom stereocenters. The summed E-state index contributed by atoms with van der Waals surface area (Å²) in [6.45, 7) is 0. The van der Waals surface area contributed by atoms with Crippen molar-refractivity contribution in [3.63, 3.8) is 0 Å². The van der Waals surface area contributed by atoms with Crippen LogP contribution in [0.4, 0.5) is 0 Å². The standard InChI is InChI=1S/C20H24O6S2/c1-22-13-8-12(9-14(23-2)18(13)21)20-27-10-17(28-20)11-6-15(24-3)19(26-5)16(7-11)25-4/h6-9,17,20-21H,10H2,1-5H3. The fourth-order valence-corrected chi connectivity index (χ4v) is 6.35. The van der Waals surface area contributed by atoms with E-state index in [2.05, 4.69) is 0 Å². The first-order valence-electron chi connectivity index (χ1n) is 8.58. The van der Waals surface area contributed by atoms with Crippen LogP contribution < -0.4 is 23.7 Å². The van der Waals surface area contributed by atoms with E-state index in [1.807, 2.05) is 47.8 Å². The average molecular weight is 425 g/mol. The molecule has 3 rings (SSSR count). The highest BCUT2D eigenvalue weighted by Crippen LogP contribution is 2.58. The summed E-state index contributed by atoms with van der Waals surface area (Å²) in [6.07, 6.45) is 0. The Morgan fingerprint density at radius 2 is 1.25 bits per heavy atom. The molecule has 152 valence electrons. The van der Waals surface area contributed by atoms with Gasteiger partial charge in [0, 0.05) is 11.0 Å². The van der Waals surface area contributed by atoms with Crippen molar-refractivity contribution < 1.29 is 28.8 Å². The lowest BCUT2D eigenvalue weighted by molar-refractivity contribution is 0.324. The van der Waals surface area contributed by atoms with Gasteiger partial charge in [0.15, 0.2) is 23.0 Å². The van der Waals surface area contributed by atoms with Gasteiger partial charge in [0.05, 0.1) is 40.1 Å². The van der Waals surface area contributed by atoms with E-state index in [1.54, 1.807) is 21.3 Å². The Kier molecular flexibility index (Phi) is 6.61. The maximum atomic E-state index is 10.1. The maximum absolute atomic E-state index is 10.1. The average Bonchev–Trinajstić information content (AvgIpc) is 3.23. The highest BCUT2D eigenvalue weighted by atomic mass is 32.2. The second kappa shape index (κ2) is 8.96. The second-order valence-electron chi connectivity index (χ2n) is 6.02. The summed E-state index contributed by atoms with van der Waals surface area (Å²) >= 11 is 3.67. The second-order valence-corrected chi connectivity index (χ2v) is 8.77. The number of benzene rings is 2. The van der Waals surface area contributed by atoms with Crippen LogP contribution in [0, 0.1) is 0 Å². The zero-order chi connectivity index (χ0) is 20.3. The Balaban J connectivity index is 1.88. The fourth-order valence-electron chi connectivity index (χ4n) is 3.09. The van der Waals surface area contributed by atoms with E-state index in [0.717, 1.165) is 16.9 Å². The van der Waals surface area contributed by atoms with Gasteiger partial charge in [0.2, 0.25) is 11.5 Å². The number of phenols is 1. The summed E-state index contributed by atoms with van der Waals surface area (Å²) in [5, 5.41) is 10.4. The maximum Gasteiger partial charge on any atom is 0.203 e. The predicted molar refractivity (Wildman–Crippen MR) is 113 cm³/mol. The van der Waals surface area contributed by atoms with Crippen molar-refractivity contribution in [2.75, 3.05) is 41.3 Å². The van der Waals surface area contributed by atoms with Crippen molar-refractivity contribution in [1.29, 1.82) is 0 Å². The van der Waals surface area contributed by atoms with Crippen LogP contribution in [0.2, 0.25) is 0 Å². The first-order valence-corrected chi connectivity index (χ1v) is 10.6. The van der Waals surface area contributed by atoms with Crippen LogP contribution in [0.1, 0.15) is 21.0 Å². The molecular formula is C20H24O6S2. The summed E-state index contributed by atoms with van der Waals surface area (Å²) in [5.41, 5.74) is 2.16. The first kappa shape index (κ1) is 20.7. The van der Waals surface area contributed by atoms with Crippen LogP contribution >= 0.6 is 23.5 Å². The van der Waals surface area contributed by atoms with Gasteiger partial charge in [-0.1, -0.05) is 0 Å². The molecule has 0 bridgehead atoms. The van der Waals surface area contributed by atoms with Crippen LogP contribution in [0.5, 0.6) is 34.5 Å². The molecule has 1 aliphatic rings. The van der Waals surface area contributed by atoms with Gasteiger partial charge >= 0.3 is 0 Å². The van der Waals surface area contributed by atoms with E-state index in [4.69, 9.17) is 23.7 Å². The largest absolute Gasteiger partial charge is 0.502 e. The first-order chi connectivity index (χ1) is 13.6. The van der Waals surface area contributed by atoms with Crippen molar-refractivity contribution in [2.24, 2.45) is 0 Å². The monoisotopic (exact) mass is 424 g/mol. The number of phenolic OH excluding ortho intramolecular Hbond substituents is 1. The lowest BCUT2D eigenvalue weighted by Crippen LogP contribution is -1.99. The molecule has 8 heteroatoms. The van der Waals surface area contributed by atoms with Gasteiger partial charge in [-0.3, -0.25) is 0 Å². The van der Waals surface area contributed by atoms with Crippen molar-refractivity contribution in [2.45, 2.75) is 9.83 Å². The minimum Gasteiger partial charge on any atom is -0.502 e. The van der Waals surface area contributed by atoms with Gasteiger partial charge in [-0.05, 0) is 35.4 Å². The molecule has 0 spiro atoms. The lowest BCUT2D eigenvalue weighted by atomic mass is 10.1. The molecule has 2 aromatic carbocycles. The molecule has 1 saturated heterocycles. The zero-order valence-corrected chi connectivity index (χ0v) is 18.1. The summed E-state index contributed by atoms with van der Waals surface area (Å²) in [5.74, 6) is 3.66. The van der Waals surface area contributed by atoms with Crippen molar-refractivity contribution in [1.82, 2.24) is 0 Å². The SMILES string of the molecule is COc1cc(C2SCC(c3cc(OC)c(OC)c(OC)c3)S2)cc(OC)c1O. The molecule has 0 amide bonds. The van der Waals surface area contributed by atoms with Gasteiger partial charge in [0.25, 0.3) is 0 Å². The fraction of sp³-hybridized carbons (Fsp3) is 0.400. The number of methoxy groups -OCH3 is 5. The van der Waals surface area contributed by atoms with Crippen LogP contribution in [0.25, 0.3) is 0 Å². The lowest BCUT2D eigenvalue weighted by Gasteiger charge is -2.17. The molecule has 6 nitrogen and oxygen atoms in total. The number of hydrogen-bond acceptors (Lipinski definition) is 8. The Morgan fingerprint density at radius 3 is 1.71 bits per heavy atom. The molecule has 0 radical (unpaired) electrons. The molecule has 28 heavy (non-hydrogen) atoms. The summed E-state index contributed by atoms with van der Waals surface area (Å²) in [4.78, 5) is 0. The number of rotatable bonds is 7. The van der Waals surface area contributed by atoms with Gasteiger partial charge in [-0.25, -0.2) is 0 Å². The summed E-state index contributed by atoms with van der Waals surface area (Å²) in [6, 6.07) is 7.72. The molecule has 1 N–H and O–H groups in total. The van der Waals surface area contributed by atoms with Gasteiger partial charge in [-0.2, -0.15) is 0 Å². The number of ether oxygens (including phenoxy) is 5. The molecule has 0 aliphatic carbocycles. The number of thioether (sulfide) groups is 2. The van der Waals surface area contributed by atoms with Crippen molar-refractivity contribution in [3.8, 4) is 34.5 Å². The van der Waals surface area contributed by atoms with Gasteiger partial charge < -0.3 is 28.8 Å². The molecule has 1 fully saturated rings. The van der Waals surface area contributed by atoms with E-state index in [9.17, 15) is 5.11 Å². The highest BCUT2D eigenvalue weighted by molar-refractivity contribution is 8.19. The van der Waals surface area contributed by atoms with E-state index in [1.165, 1.54) is 14.2 Å². The van der Waals surface area contributed by atoms with Crippen LogP contribution in [0.3, 0.4) is 0 Å². The summed E-state index contributed by atoms with van der Waals surface area (Å²) in [7, 11) is 7.91. The Morgan fingerprint density at radius 1 is 0.750 bits per heavy atom. The third-order valence-corrected chi connectivity index (χ3v) is 7.86. The Hall–Kier alpha value is -2.06. The van der Waals surface area contributed by atoms with Crippen LogP contribution in [-0.4, -0.2) is 46.4 Å². The van der Waals surface area contributed by atoms with E-state index in [0.29, 0.717) is 28.7 Å².